The minimum atomic E-state index is -0.0550. The van der Waals surface area contributed by atoms with Crippen LogP contribution in [0.25, 0.3) is 0 Å². The molecule has 142 valence electrons. The van der Waals surface area contributed by atoms with Crippen LogP contribution in [0.3, 0.4) is 0 Å². The maximum absolute atomic E-state index is 12.1. The number of nitrogens with zero attached hydrogens (tertiary/aromatic N) is 5. The molecule has 0 amide bonds. The lowest BCUT2D eigenvalue weighted by molar-refractivity contribution is 0.120. The lowest BCUT2D eigenvalue weighted by Crippen LogP contribution is -2.47. The van der Waals surface area contributed by atoms with E-state index in [9.17, 15) is 4.79 Å². The van der Waals surface area contributed by atoms with Crippen LogP contribution in [0.15, 0.2) is 27.5 Å². The molecule has 1 aliphatic rings. The molecule has 0 saturated carbocycles. The van der Waals surface area contributed by atoms with Gasteiger partial charge in [-0.1, -0.05) is 25.9 Å². The van der Waals surface area contributed by atoms with Gasteiger partial charge < -0.3 is 4.52 Å². The van der Waals surface area contributed by atoms with Crippen LogP contribution < -0.4 is 5.56 Å². The third kappa shape index (κ3) is 4.80. The minimum absolute atomic E-state index is 0.0296. The van der Waals surface area contributed by atoms with Gasteiger partial charge in [0.1, 0.15) is 5.76 Å². The molecule has 7 heteroatoms. The fourth-order valence-corrected chi connectivity index (χ4v) is 3.14. The molecule has 0 unspecified atom stereocenters. The summed E-state index contributed by atoms with van der Waals surface area (Å²) in [5, 5.41) is 8.62. The van der Waals surface area contributed by atoms with Crippen LogP contribution >= 0.6 is 0 Å². The first-order valence-electron chi connectivity index (χ1n) is 9.27. The van der Waals surface area contributed by atoms with Crippen LogP contribution in [0.5, 0.6) is 0 Å². The normalized spacial score (nSPS) is 16.9. The number of hydrogen-bond acceptors (Lipinski definition) is 6. The number of aryl methyl sites for hydroxylation is 1. The van der Waals surface area contributed by atoms with Crippen LogP contribution in [0.2, 0.25) is 0 Å². The average Bonchev–Trinajstić information content (AvgIpc) is 2.99. The van der Waals surface area contributed by atoms with E-state index in [0.29, 0.717) is 6.54 Å². The predicted molar refractivity (Wildman–Crippen MR) is 100 cm³/mol. The first kappa shape index (κ1) is 18.8. The molecule has 0 bridgehead atoms. The van der Waals surface area contributed by atoms with Crippen molar-refractivity contribution in [3.8, 4) is 0 Å². The highest BCUT2D eigenvalue weighted by Crippen LogP contribution is 2.18. The number of hydrogen-bond donors (Lipinski definition) is 0. The Balaban J connectivity index is 1.50. The van der Waals surface area contributed by atoms with E-state index in [4.69, 9.17) is 4.52 Å². The lowest BCUT2D eigenvalue weighted by atomic mass is 9.92. The quantitative estimate of drug-likeness (QED) is 0.809. The second-order valence-electron chi connectivity index (χ2n) is 8.08. The van der Waals surface area contributed by atoms with Gasteiger partial charge in [-0.3, -0.25) is 14.6 Å². The summed E-state index contributed by atoms with van der Waals surface area (Å²) in [5.74, 6) is 0.856. The van der Waals surface area contributed by atoms with Crippen molar-refractivity contribution in [3.05, 3.63) is 45.7 Å². The Morgan fingerprint density at radius 3 is 2.38 bits per heavy atom. The third-order valence-electron chi connectivity index (χ3n) is 4.79. The molecule has 0 atom stereocenters. The first-order chi connectivity index (χ1) is 12.3. The molecule has 1 aliphatic heterocycles. The van der Waals surface area contributed by atoms with Gasteiger partial charge in [0, 0.05) is 56.8 Å². The molecule has 0 radical (unpaired) electrons. The molecule has 0 spiro atoms. The topological polar surface area (TPSA) is 67.4 Å². The Kier molecular flexibility index (Phi) is 5.58. The largest absolute Gasteiger partial charge is 0.361 e. The van der Waals surface area contributed by atoms with Gasteiger partial charge in [-0.2, -0.15) is 5.10 Å². The second kappa shape index (κ2) is 7.72. The molecule has 7 nitrogen and oxygen atoms in total. The van der Waals surface area contributed by atoms with Gasteiger partial charge in [0.05, 0.1) is 17.9 Å². The third-order valence-corrected chi connectivity index (χ3v) is 4.79. The van der Waals surface area contributed by atoms with Crippen molar-refractivity contribution in [2.75, 3.05) is 32.7 Å². The molecule has 1 fully saturated rings. The van der Waals surface area contributed by atoms with Crippen LogP contribution in [0, 0.1) is 6.92 Å². The van der Waals surface area contributed by atoms with Gasteiger partial charge >= 0.3 is 0 Å². The smallest absolute Gasteiger partial charge is 0.266 e. The molecule has 0 aromatic carbocycles. The Labute approximate surface area is 154 Å². The van der Waals surface area contributed by atoms with Crippen molar-refractivity contribution >= 4 is 0 Å². The van der Waals surface area contributed by atoms with Crippen molar-refractivity contribution in [3.63, 3.8) is 0 Å². The van der Waals surface area contributed by atoms with Crippen molar-refractivity contribution in [1.29, 1.82) is 0 Å². The number of rotatable bonds is 5. The van der Waals surface area contributed by atoms with Crippen LogP contribution in [0.4, 0.5) is 0 Å². The molecule has 1 saturated heterocycles. The lowest BCUT2D eigenvalue weighted by Gasteiger charge is -2.34. The van der Waals surface area contributed by atoms with E-state index in [1.807, 2.05) is 19.1 Å². The fourth-order valence-electron chi connectivity index (χ4n) is 3.14. The molecular formula is C19H29N5O2. The molecule has 2 aromatic heterocycles. The first-order valence-corrected chi connectivity index (χ1v) is 9.27. The molecular weight excluding hydrogens is 330 g/mol. The van der Waals surface area contributed by atoms with E-state index in [-0.39, 0.29) is 11.0 Å². The number of piperazine rings is 1. The van der Waals surface area contributed by atoms with Crippen molar-refractivity contribution in [2.45, 2.75) is 46.2 Å². The molecule has 2 aromatic rings. The highest BCUT2D eigenvalue weighted by atomic mass is 16.5. The summed E-state index contributed by atoms with van der Waals surface area (Å²) in [4.78, 5) is 16.9. The summed E-state index contributed by atoms with van der Waals surface area (Å²) < 4.78 is 6.74. The van der Waals surface area contributed by atoms with Gasteiger partial charge in [-0.15, -0.1) is 0 Å². The van der Waals surface area contributed by atoms with Gasteiger partial charge in [-0.05, 0) is 13.0 Å². The van der Waals surface area contributed by atoms with Crippen LogP contribution in [-0.2, 0) is 18.5 Å². The Morgan fingerprint density at radius 2 is 1.77 bits per heavy atom. The zero-order chi connectivity index (χ0) is 18.7. The summed E-state index contributed by atoms with van der Waals surface area (Å²) in [6.07, 6.45) is 0. The zero-order valence-corrected chi connectivity index (χ0v) is 16.2. The van der Waals surface area contributed by atoms with E-state index in [1.54, 1.807) is 10.7 Å². The van der Waals surface area contributed by atoms with E-state index >= 15 is 0 Å². The van der Waals surface area contributed by atoms with Crippen LogP contribution in [-0.4, -0.2) is 57.5 Å². The highest BCUT2D eigenvalue weighted by Gasteiger charge is 2.19. The molecule has 3 rings (SSSR count). The summed E-state index contributed by atoms with van der Waals surface area (Å²) in [7, 11) is 0. The van der Waals surface area contributed by atoms with E-state index < -0.39 is 0 Å². The maximum atomic E-state index is 12.1. The fraction of sp³-hybridized carbons (Fsp3) is 0.632. The average molecular weight is 359 g/mol. The highest BCUT2D eigenvalue weighted by molar-refractivity contribution is 5.10. The number of aromatic nitrogens is 3. The summed E-state index contributed by atoms with van der Waals surface area (Å²) >= 11 is 0. The summed E-state index contributed by atoms with van der Waals surface area (Å²) in [6.45, 7) is 14.5. The molecule has 26 heavy (non-hydrogen) atoms. The maximum Gasteiger partial charge on any atom is 0.266 e. The minimum Gasteiger partial charge on any atom is -0.361 e. The monoisotopic (exact) mass is 359 g/mol. The Hall–Kier alpha value is -1.99. The Bertz CT molecular complexity index is 782. The second-order valence-corrected chi connectivity index (χ2v) is 8.08. The summed E-state index contributed by atoms with van der Waals surface area (Å²) in [5.41, 5.74) is 1.86. The van der Waals surface area contributed by atoms with Crippen molar-refractivity contribution in [1.82, 2.24) is 24.7 Å². The van der Waals surface area contributed by atoms with E-state index in [1.165, 1.54) is 0 Å². The van der Waals surface area contributed by atoms with E-state index in [0.717, 1.165) is 56.4 Å². The molecule has 3 heterocycles. The van der Waals surface area contributed by atoms with Gasteiger partial charge in [0.25, 0.3) is 5.56 Å². The van der Waals surface area contributed by atoms with Crippen molar-refractivity contribution < 1.29 is 4.52 Å². The summed E-state index contributed by atoms with van der Waals surface area (Å²) in [6, 6.07) is 5.46. The molecule has 0 N–H and O–H groups in total. The van der Waals surface area contributed by atoms with E-state index in [2.05, 4.69) is 40.8 Å². The standard InChI is InChI=1S/C19H29N5O2/c1-15-13-16(21-26-15)14-23-9-7-22(8-10-23)11-12-24-18(25)6-5-17(20-24)19(2,3)4/h5-6,13H,7-12,14H2,1-4H3. The van der Waals surface area contributed by atoms with Gasteiger partial charge in [0.15, 0.2) is 0 Å². The van der Waals surface area contributed by atoms with Crippen LogP contribution in [0.1, 0.15) is 37.9 Å². The Morgan fingerprint density at radius 1 is 1.08 bits per heavy atom. The SMILES string of the molecule is Cc1cc(CN2CCN(CCn3nc(C(C)(C)C)ccc3=O)CC2)no1. The predicted octanol–water partition coefficient (Wildman–Crippen LogP) is 1.66. The molecule has 0 aliphatic carbocycles. The van der Waals surface area contributed by atoms with Crippen molar-refractivity contribution in [2.24, 2.45) is 0 Å². The zero-order valence-electron chi connectivity index (χ0n) is 16.2. The van der Waals surface area contributed by atoms with Gasteiger partial charge in [0.2, 0.25) is 0 Å². The van der Waals surface area contributed by atoms with Gasteiger partial charge in [-0.25, -0.2) is 4.68 Å².